The first-order valence-corrected chi connectivity index (χ1v) is 9.88. The molecule has 2 aliphatic heterocycles. The molecule has 0 saturated carbocycles. The molecule has 1 unspecified atom stereocenters. The second-order valence-electron chi connectivity index (χ2n) is 6.77. The molecule has 0 radical (unpaired) electrons. The predicted octanol–water partition coefficient (Wildman–Crippen LogP) is 2.95. The van der Waals surface area contributed by atoms with Gasteiger partial charge in [-0.1, -0.05) is 18.2 Å². The average molecular weight is 346 g/mol. The zero-order valence-corrected chi connectivity index (χ0v) is 15.2. The maximum Gasteiger partial charge on any atom is 0.232 e. The van der Waals surface area contributed by atoms with Gasteiger partial charge in [0.2, 0.25) is 11.8 Å². The quantitative estimate of drug-likeness (QED) is 0.787. The van der Waals surface area contributed by atoms with E-state index in [0.717, 1.165) is 50.2 Å². The number of aryl methyl sites for hydroxylation is 1. The van der Waals surface area contributed by atoms with Gasteiger partial charge in [0, 0.05) is 31.1 Å². The third kappa shape index (κ3) is 4.12. The van der Waals surface area contributed by atoms with Crippen molar-refractivity contribution < 1.29 is 9.59 Å². The van der Waals surface area contributed by atoms with Crippen LogP contribution in [0.3, 0.4) is 0 Å². The average Bonchev–Trinajstić information content (AvgIpc) is 3.15. The largest absolute Gasteiger partial charge is 0.342 e. The summed E-state index contributed by atoms with van der Waals surface area (Å²) in [6, 6.07) is 8.15. The minimum absolute atomic E-state index is 0.00395. The molecular formula is C19H26N2O2S. The van der Waals surface area contributed by atoms with Crippen LogP contribution in [0.1, 0.15) is 31.2 Å². The van der Waals surface area contributed by atoms with Crippen LogP contribution in [0.5, 0.6) is 0 Å². The molecule has 2 saturated heterocycles. The predicted molar refractivity (Wildman–Crippen MR) is 97.0 cm³/mol. The summed E-state index contributed by atoms with van der Waals surface area (Å²) in [6.45, 7) is 5.25. The number of amides is 2. The number of rotatable bonds is 4. The first-order valence-electron chi connectivity index (χ1n) is 8.90. The number of thioether (sulfide) groups is 1. The van der Waals surface area contributed by atoms with E-state index in [-0.39, 0.29) is 17.7 Å². The summed E-state index contributed by atoms with van der Waals surface area (Å²) in [5.74, 6) is 0.873. The molecule has 4 nitrogen and oxygen atoms in total. The topological polar surface area (TPSA) is 40.6 Å². The molecule has 5 heteroatoms. The normalized spacial score (nSPS) is 21.1. The van der Waals surface area contributed by atoms with Crippen molar-refractivity contribution in [1.82, 2.24) is 9.80 Å². The minimum Gasteiger partial charge on any atom is -0.342 e. The van der Waals surface area contributed by atoms with Gasteiger partial charge < -0.3 is 9.80 Å². The van der Waals surface area contributed by atoms with Gasteiger partial charge in [0.05, 0.1) is 11.7 Å². The van der Waals surface area contributed by atoms with E-state index in [4.69, 9.17) is 0 Å². The van der Waals surface area contributed by atoms with Crippen LogP contribution < -0.4 is 0 Å². The van der Waals surface area contributed by atoms with Crippen molar-refractivity contribution in [2.45, 2.75) is 37.5 Å². The highest BCUT2D eigenvalue weighted by molar-refractivity contribution is 8.00. The lowest BCUT2D eigenvalue weighted by molar-refractivity contribution is -0.139. The molecule has 3 rings (SSSR count). The number of hydrogen-bond acceptors (Lipinski definition) is 3. The molecule has 1 atom stereocenters. The number of hydrogen-bond donors (Lipinski definition) is 0. The number of likely N-dealkylation sites (tertiary alicyclic amines) is 2. The monoisotopic (exact) mass is 346 g/mol. The second kappa shape index (κ2) is 8.06. The molecule has 2 fully saturated rings. The van der Waals surface area contributed by atoms with E-state index in [1.807, 2.05) is 21.9 Å². The molecule has 0 aliphatic carbocycles. The van der Waals surface area contributed by atoms with E-state index in [2.05, 4.69) is 19.1 Å². The van der Waals surface area contributed by atoms with Crippen molar-refractivity contribution in [2.24, 2.45) is 5.92 Å². The van der Waals surface area contributed by atoms with Gasteiger partial charge in [0.1, 0.15) is 0 Å². The fraction of sp³-hybridized carbons (Fsp3) is 0.579. The summed E-state index contributed by atoms with van der Waals surface area (Å²) in [7, 11) is 0. The maximum absolute atomic E-state index is 12.6. The lowest BCUT2D eigenvalue weighted by Crippen LogP contribution is -2.46. The summed E-state index contributed by atoms with van der Waals surface area (Å²) in [6.07, 6.45) is 4.09. The molecule has 0 aromatic heterocycles. The lowest BCUT2D eigenvalue weighted by Gasteiger charge is -2.34. The van der Waals surface area contributed by atoms with Gasteiger partial charge in [-0.05, 0) is 44.2 Å². The standard InChI is InChI=1S/C19H26N2O2S/c1-15-7-2-3-9-17(15)24-14-18(22)21-12-6-8-16(13-21)19(23)20-10-4-5-11-20/h2-3,7,9,16H,4-6,8,10-14H2,1H3. The van der Waals surface area contributed by atoms with Crippen molar-refractivity contribution in [1.29, 1.82) is 0 Å². The van der Waals surface area contributed by atoms with Crippen LogP contribution in [0, 0.1) is 12.8 Å². The van der Waals surface area contributed by atoms with Gasteiger partial charge >= 0.3 is 0 Å². The Labute approximate surface area is 148 Å². The highest BCUT2D eigenvalue weighted by Crippen LogP contribution is 2.25. The van der Waals surface area contributed by atoms with Crippen molar-refractivity contribution in [3.63, 3.8) is 0 Å². The molecule has 0 bridgehead atoms. The Bertz CT molecular complexity index is 599. The zero-order chi connectivity index (χ0) is 16.9. The smallest absolute Gasteiger partial charge is 0.232 e. The van der Waals surface area contributed by atoms with Crippen LogP contribution in [-0.2, 0) is 9.59 Å². The molecule has 2 amide bonds. The number of carbonyl (C=O) groups excluding carboxylic acids is 2. The SMILES string of the molecule is Cc1ccccc1SCC(=O)N1CCCC(C(=O)N2CCCC2)C1. The highest BCUT2D eigenvalue weighted by Gasteiger charge is 2.32. The van der Waals surface area contributed by atoms with Crippen LogP contribution in [0.15, 0.2) is 29.2 Å². The number of carbonyl (C=O) groups is 2. The minimum atomic E-state index is 0.00395. The van der Waals surface area contributed by atoms with Crippen molar-refractivity contribution in [3.05, 3.63) is 29.8 Å². The Morgan fingerprint density at radius 1 is 1.08 bits per heavy atom. The summed E-state index contributed by atoms with van der Waals surface area (Å²) in [5.41, 5.74) is 1.20. The maximum atomic E-state index is 12.6. The van der Waals surface area contributed by atoms with Gasteiger partial charge in [0.25, 0.3) is 0 Å². The Hall–Kier alpha value is -1.49. The Morgan fingerprint density at radius 2 is 1.79 bits per heavy atom. The van der Waals surface area contributed by atoms with Gasteiger partial charge in [-0.3, -0.25) is 9.59 Å². The number of piperidine rings is 1. The fourth-order valence-electron chi connectivity index (χ4n) is 3.55. The summed E-state index contributed by atoms with van der Waals surface area (Å²) < 4.78 is 0. The Kier molecular flexibility index (Phi) is 5.82. The molecule has 24 heavy (non-hydrogen) atoms. The molecule has 2 aliphatic rings. The van der Waals surface area contributed by atoms with Crippen molar-refractivity contribution in [2.75, 3.05) is 31.9 Å². The summed E-state index contributed by atoms with van der Waals surface area (Å²) in [5, 5.41) is 0. The molecule has 130 valence electrons. The first kappa shape index (κ1) is 17.3. The van der Waals surface area contributed by atoms with E-state index in [9.17, 15) is 9.59 Å². The van der Waals surface area contributed by atoms with Gasteiger partial charge in [-0.25, -0.2) is 0 Å². The Morgan fingerprint density at radius 3 is 2.54 bits per heavy atom. The molecule has 1 aromatic rings. The Balaban J connectivity index is 1.53. The van der Waals surface area contributed by atoms with E-state index < -0.39 is 0 Å². The van der Waals surface area contributed by atoms with E-state index in [1.165, 1.54) is 5.56 Å². The van der Waals surface area contributed by atoms with Crippen LogP contribution >= 0.6 is 11.8 Å². The van der Waals surface area contributed by atoms with E-state index in [1.54, 1.807) is 11.8 Å². The number of nitrogens with zero attached hydrogens (tertiary/aromatic N) is 2. The molecule has 0 spiro atoms. The van der Waals surface area contributed by atoms with Crippen LogP contribution in [0.25, 0.3) is 0 Å². The van der Waals surface area contributed by atoms with E-state index in [0.29, 0.717) is 12.3 Å². The summed E-state index contributed by atoms with van der Waals surface area (Å²) >= 11 is 1.60. The van der Waals surface area contributed by atoms with Gasteiger partial charge in [0.15, 0.2) is 0 Å². The molecule has 2 heterocycles. The number of benzene rings is 1. The highest BCUT2D eigenvalue weighted by atomic mass is 32.2. The molecule has 0 N–H and O–H groups in total. The van der Waals surface area contributed by atoms with Crippen LogP contribution in [0.4, 0.5) is 0 Å². The zero-order valence-electron chi connectivity index (χ0n) is 14.4. The summed E-state index contributed by atoms with van der Waals surface area (Å²) in [4.78, 5) is 30.2. The molecule has 1 aromatic carbocycles. The van der Waals surface area contributed by atoms with Crippen LogP contribution in [0.2, 0.25) is 0 Å². The third-order valence-corrected chi connectivity index (χ3v) is 6.15. The van der Waals surface area contributed by atoms with Crippen molar-refractivity contribution >= 4 is 23.6 Å². The first-order chi connectivity index (χ1) is 11.6. The molecular weight excluding hydrogens is 320 g/mol. The second-order valence-corrected chi connectivity index (χ2v) is 7.78. The van der Waals surface area contributed by atoms with Crippen LogP contribution in [-0.4, -0.2) is 53.5 Å². The lowest BCUT2D eigenvalue weighted by atomic mass is 9.96. The third-order valence-electron chi connectivity index (χ3n) is 4.99. The van der Waals surface area contributed by atoms with Gasteiger partial charge in [-0.15, -0.1) is 11.8 Å². The van der Waals surface area contributed by atoms with Crippen molar-refractivity contribution in [3.8, 4) is 0 Å². The fourth-order valence-corrected chi connectivity index (χ4v) is 4.48. The van der Waals surface area contributed by atoms with Gasteiger partial charge in [-0.2, -0.15) is 0 Å². The van der Waals surface area contributed by atoms with E-state index >= 15 is 0 Å².